The van der Waals surface area contributed by atoms with Gasteiger partial charge in [-0.25, -0.2) is 9.67 Å². The molecule has 0 aliphatic heterocycles. The minimum absolute atomic E-state index is 0.607. The summed E-state index contributed by atoms with van der Waals surface area (Å²) in [6.45, 7) is 6.83. The number of hydrogen-bond acceptors (Lipinski definition) is 2. The average molecular weight is 235 g/mol. The third-order valence-corrected chi connectivity index (χ3v) is 3.58. The third-order valence-electron chi connectivity index (χ3n) is 3.58. The van der Waals surface area contributed by atoms with E-state index in [0.717, 1.165) is 11.5 Å². The van der Waals surface area contributed by atoms with Crippen molar-refractivity contribution in [1.29, 1.82) is 0 Å². The van der Waals surface area contributed by atoms with Crippen LogP contribution in [0.3, 0.4) is 0 Å². The first kappa shape index (κ1) is 13.1. The van der Waals surface area contributed by atoms with E-state index in [9.17, 15) is 0 Å². The lowest BCUT2D eigenvalue weighted by Crippen LogP contribution is -2.40. The fourth-order valence-corrected chi connectivity index (χ4v) is 2.28. The summed E-state index contributed by atoms with van der Waals surface area (Å²) in [5.41, 5.74) is 5.15. The first-order chi connectivity index (χ1) is 8.52. The molecule has 0 N–H and O–H groups in total. The standard InChI is InChI=1S/C11H17B4N3/c1-7-5-11(18-6-16-9(3)17-18)8(2)4-10(7)15(13)14-12/h4-6,14H,12-13H2,1-3H3. The van der Waals surface area contributed by atoms with Crippen molar-refractivity contribution in [3.05, 3.63) is 35.4 Å². The quantitative estimate of drug-likeness (QED) is 0.606. The van der Waals surface area contributed by atoms with E-state index in [4.69, 9.17) is 0 Å². The summed E-state index contributed by atoms with van der Waals surface area (Å²) in [6, 6.07) is 4.50. The van der Waals surface area contributed by atoms with Crippen LogP contribution in [0.25, 0.3) is 5.69 Å². The molecule has 0 aliphatic rings. The van der Waals surface area contributed by atoms with E-state index < -0.39 is 0 Å². The summed E-state index contributed by atoms with van der Waals surface area (Å²) >= 11 is 0. The summed E-state index contributed by atoms with van der Waals surface area (Å²) in [6.07, 6.45) is 1.78. The molecule has 3 nitrogen and oxygen atoms in total. The maximum Gasteiger partial charge on any atom is 0.147 e. The Morgan fingerprint density at radius 2 is 1.94 bits per heavy atom. The van der Waals surface area contributed by atoms with Crippen molar-refractivity contribution < 1.29 is 0 Å². The Hall–Kier alpha value is -1.38. The molecular weight excluding hydrogens is 217 g/mol. The molecule has 0 aliphatic carbocycles. The van der Waals surface area contributed by atoms with Crippen LogP contribution in [0.4, 0.5) is 0 Å². The molecule has 2 rings (SSSR count). The van der Waals surface area contributed by atoms with Crippen molar-refractivity contribution in [2.24, 2.45) is 0 Å². The largest absolute Gasteiger partial charge is 0.221 e. The van der Waals surface area contributed by atoms with Crippen LogP contribution in [0.5, 0.6) is 0 Å². The fourth-order valence-electron chi connectivity index (χ4n) is 2.28. The van der Waals surface area contributed by atoms with Gasteiger partial charge in [-0.3, -0.25) is 0 Å². The highest BCUT2D eigenvalue weighted by molar-refractivity contribution is 7.50. The highest BCUT2D eigenvalue weighted by Crippen LogP contribution is 2.13. The molecule has 0 unspecified atom stereocenters. The number of aromatic nitrogens is 3. The topological polar surface area (TPSA) is 30.7 Å². The number of benzene rings is 1. The van der Waals surface area contributed by atoms with Crippen molar-refractivity contribution in [3.63, 3.8) is 0 Å². The number of rotatable bonds is 3. The van der Waals surface area contributed by atoms with Crippen LogP contribution in [0, 0.1) is 20.8 Å². The predicted octanol–water partition coefficient (Wildman–Crippen LogP) is -1.49. The molecule has 0 atom stereocenters. The fraction of sp³-hybridized carbons (Fsp3) is 0.273. The van der Waals surface area contributed by atoms with Crippen LogP contribution in [-0.2, 0) is 0 Å². The van der Waals surface area contributed by atoms with Crippen molar-refractivity contribution in [3.8, 4) is 5.69 Å². The second kappa shape index (κ2) is 5.09. The summed E-state index contributed by atoms with van der Waals surface area (Å²) in [5.74, 6) is 0.804. The molecule has 0 fully saturated rings. The summed E-state index contributed by atoms with van der Waals surface area (Å²) in [5, 5.41) is 4.38. The van der Waals surface area contributed by atoms with Crippen LogP contribution >= 0.6 is 0 Å². The van der Waals surface area contributed by atoms with E-state index in [1.165, 1.54) is 23.7 Å². The molecule has 1 aromatic heterocycles. The SMILES string of the molecule is BBB(B)c1cc(C)c(-n2cnc(C)n2)cc1C. The van der Waals surface area contributed by atoms with E-state index in [1.807, 2.05) is 11.6 Å². The van der Waals surface area contributed by atoms with Crippen LogP contribution in [-0.4, -0.2) is 43.8 Å². The Kier molecular flexibility index (Phi) is 3.69. The zero-order valence-electron chi connectivity index (χ0n) is 11.9. The van der Waals surface area contributed by atoms with Gasteiger partial charge in [0.15, 0.2) is 0 Å². The molecule has 2 aromatic rings. The molecule has 1 heterocycles. The zero-order valence-corrected chi connectivity index (χ0v) is 11.9. The van der Waals surface area contributed by atoms with Gasteiger partial charge in [-0.05, 0) is 32.4 Å². The first-order valence-corrected chi connectivity index (χ1v) is 6.52. The van der Waals surface area contributed by atoms with Crippen LogP contribution in [0.2, 0.25) is 0 Å². The summed E-state index contributed by atoms with van der Waals surface area (Å²) in [7, 11) is 5.68. The van der Waals surface area contributed by atoms with Crippen molar-refractivity contribution in [1.82, 2.24) is 14.8 Å². The number of aryl methyl sites for hydroxylation is 3. The van der Waals surface area contributed by atoms with Gasteiger partial charge in [-0.1, -0.05) is 17.1 Å². The monoisotopic (exact) mass is 235 g/mol. The van der Waals surface area contributed by atoms with Crippen molar-refractivity contribution in [2.75, 3.05) is 0 Å². The van der Waals surface area contributed by atoms with E-state index in [-0.39, 0.29) is 0 Å². The smallest absolute Gasteiger partial charge is 0.147 e. The van der Waals surface area contributed by atoms with Gasteiger partial charge in [0.1, 0.15) is 12.2 Å². The highest BCUT2D eigenvalue weighted by atomic mass is 15.3. The molecule has 0 saturated carbocycles. The Balaban J connectivity index is 2.49. The lowest BCUT2D eigenvalue weighted by atomic mass is 9.03. The Morgan fingerprint density at radius 3 is 2.50 bits per heavy atom. The van der Waals surface area contributed by atoms with Crippen LogP contribution < -0.4 is 5.46 Å². The molecule has 18 heavy (non-hydrogen) atoms. The lowest BCUT2D eigenvalue weighted by molar-refractivity contribution is 0.855. The van der Waals surface area contributed by atoms with Gasteiger partial charge in [0, 0.05) is 0 Å². The average Bonchev–Trinajstić information content (AvgIpc) is 2.77. The molecule has 1 aromatic carbocycles. The molecular formula is C11H17B4N3. The molecule has 0 amide bonds. The number of nitrogens with zero attached hydrogens (tertiary/aromatic N) is 3. The summed E-state index contributed by atoms with van der Waals surface area (Å²) < 4.78 is 1.86. The first-order valence-electron chi connectivity index (χ1n) is 6.52. The summed E-state index contributed by atoms with van der Waals surface area (Å²) in [4.78, 5) is 4.19. The van der Waals surface area contributed by atoms with E-state index in [2.05, 4.69) is 51.5 Å². The minimum atomic E-state index is 0.607. The van der Waals surface area contributed by atoms with Crippen molar-refractivity contribution >= 4 is 34.5 Å². The Labute approximate surface area is 111 Å². The van der Waals surface area contributed by atoms with E-state index in [0.29, 0.717) is 6.49 Å². The minimum Gasteiger partial charge on any atom is -0.221 e. The molecule has 0 saturated heterocycles. The van der Waals surface area contributed by atoms with Crippen LogP contribution in [0.1, 0.15) is 17.0 Å². The van der Waals surface area contributed by atoms with Gasteiger partial charge in [-0.15, -0.1) is 0 Å². The molecule has 0 radical (unpaired) electrons. The van der Waals surface area contributed by atoms with E-state index in [1.54, 1.807) is 6.33 Å². The van der Waals surface area contributed by atoms with Gasteiger partial charge >= 0.3 is 0 Å². The zero-order chi connectivity index (χ0) is 13.3. The van der Waals surface area contributed by atoms with Crippen molar-refractivity contribution in [2.45, 2.75) is 20.8 Å². The normalized spacial score (nSPS) is 10.4. The maximum absolute atomic E-state index is 4.38. The Bertz CT molecular complexity index is 567. The van der Waals surface area contributed by atoms with Gasteiger partial charge in [0.2, 0.25) is 0 Å². The van der Waals surface area contributed by atoms with Crippen LogP contribution in [0.15, 0.2) is 18.5 Å². The van der Waals surface area contributed by atoms with Gasteiger partial charge in [0.25, 0.3) is 0 Å². The molecule has 7 heteroatoms. The lowest BCUT2D eigenvalue weighted by Gasteiger charge is -2.14. The number of hydrogen-bond donors (Lipinski definition) is 0. The molecule has 0 spiro atoms. The van der Waals surface area contributed by atoms with Gasteiger partial charge in [-0.2, -0.15) is 5.10 Å². The third kappa shape index (κ3) is 2.40. The second-order valence-corrected chi connectivity index (χ2v) is 5.04. The second-order valence-electron chi connectivity index (χ2n) is 5.04. The molecule has 0 bridgehead atoms. The van der Waals surface area contributed by atoms with E-state index >= 15 is 0 Å². The highest BCUT2D eigenvalue weighted by Gasteiger charge is 2.13. The maximum atomic E-state index is 4.38. The Morgan fingerprint density at radius 1 is 1.22 bits per heavy atom. The predicted molar refractivity (Wildman–Crippen MR) is 85.2 cm³/mol. The van der Waals surface area contributed by atoms with Gasteiger partial charge < -0.3 is 0 Å². The molecule has 88 valence electrons. The van der Waals surface area contributed by atoms with Gasteiger partial charge in [0.05, 0.1) is 34.7 Å².